The number of alkyl halides is 3. The number of esters is 1. The van der Waals surface area contributed by atoms with E-state index in [2.05, 4.69) is 40.6 Å². The molecular weight excluding hydrogens is 947 g/mol. The van der Waals surface area contributed by atoms with Crippen LogP contribution in [0.4, 0.5) is 4.79 Å². The lowest BCUT2D eigenvalue weighted by Gasteiger charge is -2.62. The molecule has 67 heavy (non-hydrogen) atoms. The summed E-state index contributed by atoms with van der Waals surface area (Å²) in [5.74, 6) is 0.441. The third-order valence-electron chi connectivity index (χ3n) is 13.7. The minimum absolute atomic E-state index is 0.00728. The van der Waals surface area contributed by atoms with E-state index in [-0.39, 0.29) is 54.3 Å². The number of aryl methyl sites for hydroxylation is 1. The van der Waals surface area contributed by atoms with Crippen LogP contribution in [0.1, 0.15) is 53.1 Å². The smallest absolute Gasteiger partial charge is 0.408 e. The first kappa shape index (κ1) is 47.4. The highest BCUT2D eigenvalue weighted by atomic mass is 35.6. The number of likely N-dealkylation sites (N-methyl/N-ethyl adjacent to an activating group) is 1. The van der Waals surface area contributed by atoms with Crippen molar-refractivity contribution in [2.24, 2.45) is 0 Å². The van der Waals surface area contributed by atoms with Gasteiger partial charge in [0.05, 0.1) is 25.3 Å². The van der Waals surface area contributed by atoms with E-state index >= 15 is 0 Å². The summed E-state index contributed by atoms with van der Waals surface area (Å²) in [6.07, 6.45) is -0.751. The van der Waals surface area contributed by atoms with Crippen LogP contribution < -0.4 is 14.8 Å². The van der Waals surface area contributed by atoms with E-state index in [1.54, 1.807) is 14.0 Å². The average Bonchev–Trinajstić information content (AvgIpc) is 3.91. The number of nitriles is 1. The highest BCUT2D eigenvalue weighted by molar-refractivity contribution is 7.99. The molecule has 4 heterocycles. The predicted molar refractivity (Wildman–Crippen MR) is 249 cm³/mol. The Balaban J connectivity index is 1.07. The van der Waals surface area contributed by atoms with Crippen LogP contribution in [0.3, 0.4) is 0 Å². The molecule has 3 saturated heterocycles. The zero-order valence-corrected chi connectivity index (χ0v) is 40.4. The van der Waals surface area contributed by atoms with Crippen LogP contribution >= 0.6 is 46.6 Å². The molecule has 15 nitrogen and oxygen atoms in total. The molecule has 3 fully saturated rings. The molecule has 9 rings (SSSR count). The minimum Gasteiger partial charge on any atom is -0.493 e. The van der Waals surface area contributed by atoms with Crippen molar-refractivity contribution >= 4 is 64.4 Å². The number of alkyl carbamates (subject to hydrolysis) is 1. The van der Waals surface area contributed by atoms with Crippen LogP contribution in [0.5, 0.6) is 11.5 Å². The zero-order chi connectivity index (χ0) is 47.5. The molecule has 2 aliphatic carbocycles. The number of aliphatic hydroxyl groups is 1. The predicted octanol–water partition coefficient (Wildman–Crippen LogP) is 6.63. The Labute approximate surface area is 407 Å². The molecule has 19 heteroatoms. The van der Waals surface area contributed by atoms with Crippen LogP contribution in [0, 0.1) is 18.3 Å². The van der Waals surface area contributed by atoms with Gasteiger partial charge in [-0.3, -0.25) is 14.6 Å². The molecular formula is C48H49Cl3N4O11S. The lowest BCUT2D eigenvalue weighted by Crippen LogP contribution is -2.74. The number of methoxy groups -OCH3 is 2. The molecule has 2 N–H and O–H groups in total. The van der Waals surface area contributed by atoms with Crippen molar-refractivity contribution in [3.8, 4) is 28.7 Å². The molecule has 2 bridgehead atoms. The van der Waals surface area contributed by atoms with Gasteiger partial charge < -0.3 is 43.6 Å². The average molecular weight is 996 g/mol. The number of piperidine rings is 1. The van der Waals surface area contributed by atoms with Gasteiger partial charge in [-0.15, -0.1) is 0 Å². The summed E-state index contributed by atoms with van der Waals surface area (Å²) in [6, 6.07) is 16.0. The van der Waals surface area contributed by atoms with Crippen LogP contribution in [0.2, 0.25) is 0 Å². The van der Waals surface area contributed by atoms with Crippen LogP contribution in [-0.2, 0) is 39.7 Å². The van der Waals surface area contributed by atoms with E-state index in [1.807, 2.05) is 49.2 Å². The van der Waals surface area contributed by atoms with Gasteiger partial charge in [0.25, 0.3) is 0 Å². The number of hydrogen-bond acceptors (Lipinski definition) is 15. The van der Waals surface area contributed by atoms with Gasteiger partial charge >= 0.3 is 12.1 Å². The van der Waals surface area contributed by atoms with Gasteiger partial charge in [-0.2, -0.15) is 17.0 Å². The first-order chi connectivity index (χ1) is 32.1. The Morgan fingerprint density at radius 1 is 1.03 bits per heavy atom. The summed E-state index contributed by atoms with van der Waals surface area (Å²) in [5.41, 5.74) is 5.22. The monoisotopic (exact) mass is 994 g/mol. The quantitative estimate of drug-likeness (QED) is 0.106. The topological polar surface area (TPSA) is 178 Å². The summed E-state index contributed by atoms with van der Waals surface area (Å²) in [7, 11) is 4.99. The summed E-state index contributed by atoms with van der Waals surface area (Å²) >= 11 is 19.1. The van der Waals surface area contributed by atoms with Gasteiger partial charge in [0.15, 0.2) is 41.2 Å². The fourth-order valence-electron chi connectivity index (χ4n) is 11.0. The van der Waals surface area contributed by atoms with Crippen LogP contribution in [-0.4, -0.2) is 132 Å². The maximum absolute atomic E-state index is 14.6. The number of thioether (sulfide) groups is 1. The van der Waals surface area contributed by atoms with E-state index in [4.69, 9.17) is 68.0 Å². The number of benzene rings is 3. The number of ketones is 1. The molecule has 1 amide bonds. The molecule has 0 aromatic heterocycles. The van der Waals surface area contributed by atoms with Crippen molar-refractivity contribution in [1.29, 1.82) is 5.26 Å². The fourth-order valence-corrected chi connectivity index (χ4v) is 12.4. The van der Waals surface area contributed by atoms with Gasteiger partial charge in [0.2, 0.25) is 10.6 Å². The van der Waals surface area contributed by atoms with Gasteiger partial charge in [-0.05, 0) is 60.7 Å². The van der Waals surface area contributed by atoms with Crippen molar-refractivity contribution in [2.45, 2.75) is 78.3 Å². The Morgan fingerprint density at radius 3 is 2.37 bits per heavy atom. The number of nitrogens with zero attached hydrogens (tertiary/aromatic N) is 3. The molecule has 7 atom stereocenters. The van der Waals surface area contributed by atoms with Crippen molar-refractivity contribution in [3.63, 3.8) is 0 Å². The highest BCUT2D eigenvalue weighted by Gasteiger charge is 2.64. The first-order valence-electron chi connectivity index (χ1n) is 21.7. The Kier molecular flexibility index (Phi) is 13.2. The number of fused-ring (bicyclic) bond motifs is 11. The minimum atomic E-state index is -2.18. The van der Waals surface area contributed by atoms with E-state index in [1.165, 1.54) is 18.9 Å². The Morgan fingerprint density at radius 2 is 1.72 bits per heavy atom. The maximum Gasteiger partial charge on any atom is 0.408 e. The zero-order valence-electron chi connectivity index (χ0n) is 37.3. The molecule has 4 aliphatic heterocycles. The van der Waals surface area contributed by atoms with Crippen LogP contribution in [0.25, 0.3) is 11.1 Å². The normalized spacial score (nSPS) is 25.6. The first-order valence-corrected chi connectivity index (χ1v) is 24.0. The van der Waals surface area contributed by atoms with Gasteiger partial charge in [-0.25, -0.2) is 9.59 Å². The van der Waals surface area contributed by atoms with Gasteiger partial charge in [-0.1, -0.05) is 89.4 Å². The maximum atomic E-state index is 14.6. The number of nitrogens with one attached hydrogen (secondary N) is 1. The number of ether oxygens (including phenoxy) is 7. The van der Waals surface area contributed by atoms with E-state index in [0.717, 1.165) is 38.9 Å². The van der Waals surface area contributed by atoms with Crippen molar-refractivity contribution in [1.82, 2.24) is 15.1 Å². The van der Waals surface area contributed by atoms with Gasteiger partial charge in [0.1, 0.15) is 25.3 Å². The summed E-state index contributed by atoms with van der Waals surface area (Å²) in [6.45, 7) is 2.12. The van der Waals surface area contributed by atoms with Gasteiger partial charge in [0, 0.05) is 59.7 Å². The number of halogens is 3. The molecule has 0 radical (unpaired) electrons. The number of amides is 1. The largest absolute Gasteiger partial charge is 0.493 e. The third kappa shape index (κ3) is 8.29. The number of Topliss-reactive ketones (excluding diaryl/α,β-unsaturated/α-hetero) is 1. The second-order valence-electron chi connectivity index (χ2n) is 17.4. The standard InChI is InChI=1S/C48H49Cl3N4O11S/c1-24-14-26-15-33-35(17-52)55-34(39(54(33)3)37(26)42(40(24)61-5)64-22-60-4)16-47(59)38(43-41(65-23-66-43)25(2)44(47)56)36(55)18-62-45(57)32(53-46(58)63-21-48(49,50)51)20-67-19-31-29-12-8-6-10-27(29)28-11-7-9-13-30(28)31/h6-14,31-36,39,59H,15-16,18-23H2,1-5H3,(H,53,58)/t32-,33-,34?,35+,36+,39-,47?/m1/s1. The molecule has 3 aromatic carbocycles. The fraction of sp³-hybridized carbons (Fsp3) is 0.458. The number of carbonyl (C=O) groups excluding carboxylic acids is 3. The number of carbonyl (C=O) groups is 3. The molecule has 6 aliphatic rings. The van der Waals surface area contributed by atoms with Crippen molar-refractivity contribution < 1.29 is 52.6 Å². The molecule has 3 aromatic rings. The molecule has 2 unspecified atom stereocenters. The van der Waals surface area contributed by atoms with E-state index in [9.17, 15) is 24.8 Å². The molecule has 0 spiro atoms. The molecule has 0 saturated carbocycles. The summed E-state index contributed by atoms with van der Waals surface area (Å²) in [5, 5.41) is 26.8. The lowest BCUT2D eigenvalue weighted by molar-refractivity contribution is -0.159. The number of piperazine rings is 1. The van der Waals surface area contributed by atoms with Crippen LogP contribution in [0.15, 0.2) is 77.3 Å². The Hall–Kier alpha value is -4.70. The second kappa shape index (κ2) is 18.7. The second-order valence-corrected chi connectivity index (χ2v) is 21.0. The number of rotatable bonds is 13. The Bertz CT molecular complexity index is 2570. The SMILES string of the molecule is COCOc1c(OC)c(C)cc2c1[C@H]1C3CC4(O)C(=O)C(C)=C5OCOC5=C4[C@H](COC(=O)[C@@H](CSCC4c5ccccc5-c5ccccc54)NC(=O)OCC(Cl)(Cl)Cl)N3[C@@H](C#N)[C@@H](C2)N1C. The lowest BCUT2D eigenvalue weighted by atomic mass is 9.65. The summed E-state index contributed by atoms with van der Waals surface area (Å²) in [4.78, 5) is 46.4. The summed E-state index contributed by atoms with van der Waals surface area (Å²) < 4.78 is 38.9. The van der Waals surface area contributed by atoms with E-state index in [0.29, 0.717) is 23.7 Å². The molecule has 354 valence electrons. The van der Waals surface area contributed by atoms with Crippen molar-refractivity contribution in [2.75, 3.05) is 59.6 Å². The third-order valence-corrected chi connectivity index (χ3v) is 15.2. The number of hydrogen-bond donors (Lipinski definition) is 2. The van der Waals surface area contributed by atoms with Crippen molar-refractivity contribution in [3.05, 3.63) is 105 Å². The highest BCUT2D eigenvalue weighted by Crippen LogP contribution is 2.57. The van der Waals surface area contributed by atoms with E-state index < -0.39 is 76.7 Å².